The second-order valence-electron chi connectivity index (χ2n) is 3.37. The first-order valence-electron chi connectivity index (χ1n) is 4.25. The van der Waals surface area contributed by atoms with Crippen LogP contribution in [0.2, 0.25) is 0 Å². The van der Waals surface area contributed by atoms with Crippen LogP contribution in [0, 0.1) is 11.8 Å². The molecule has 0 radical (unpaired) electrons. The normalized spacial score (nSPS) is 30.0. The van der Waals surface area contributed by atoms with Crippen LogP contribution in [0.15, 0.2) is 0 Å². The van der Waals surface area contributed by atoms with Gasteiger partial charge in [0.15, 0.2) is 0 Å². The molecule has 1 saturated carbocycles. The Morgan fingerprint density at radius 3 is 2.67 bits per heavy atom. The van der Waals surface area contributed by atoms with Crippen LogP contribution in [0.1, 0.15) is 26.2 Å². The summed E-state index contributed by atoms with van der Waals surface area (Å²) in [5.41, 5.74) is 0. The molecule has 3 heteroatoms. The first-order chi connectivity index (χ1) is 5.65. The Hall–Kier alpha value is -0.860. The van der Waals surface area contributed by atoms with Gasteiger partial charge in [-0.05, 0) is 12.8 Å². The molecule has 68 valence electrons. The minimum absolute atomic E-state index is 0.130. The van der Waals surface area contributed by atoms with Crippen LogP contribution in [-0.2, 0) is 14.3 Å². The van der Waals surface area contributed by atoms with Crippen molar-refractivity contribution in [2.24, 2.45) is 11.8 Å². The van der Waals surface area contributed by atoms with Crippen LogP contribution >= 0.6 is 0 Å². The minimum Gasteiger partial charge on any atom is -0.469 e. The number of rotatable bonds is 1. The third-order valence-corrected chi connectivity index (χ3v) is 2.48. The van der Waals surface area contributed by atoms with Gasteiger partial charge in [-0.15, -0.1) is 0 Å². The fourth-order valence-corrected chi connectivity index (χ4v) is 1.53. The lowest BCUT2D eigenvalue weighted by Gasteiger charge is -2.22. The van der Waals surface area contributed by atoms with E-state index in [4.69, 9.17) is 0 Å². The SMILES string of the molecule is COC(=O)[C@H]1CC[C@H](C)C(=O)C1. The predicted molar refractivity (Wildman–Crippen MR) is 43.5 cm³/mol. The van der Waals surface area contributed by atoms with E-state index in [1.807, 2.05) is 6.92 Å². The van der Waals surface area contributed by atoms with Crippen LogP contribution in [0.3, 0.4) is 0 Å². The highest BCUT2D eigenvalue weighted by molar-refractivity contribution is 5.87. The zero-order valence-corrected chi connectivity index (χ0v) is 7.50. The quantitative estimate of drug-likeness (QED) is 0.555. The molecule has 0 aromatic heterocycles. The fraction of sp³-hybridized carbons (Fsp3) is 0.778. The molecule has 12 heavy (non-hydrogen) atoms. The van der Waals surface area contributed by atoms with Crippen molar-refractivity contribution in [1.82, 2.24) is 0 Å². The molecule has 0 aliphatic heterocycles. The van der Waals surface area contributed by atoms with Gasteiger partial charge < -0.3 is 4.74 Å². The van der Waals surface area contributed by atoms with Crippen molar-refractivity contribution in [1.29, 1.82) is 0 Å². The third kappa shape index (κ3) is 1.84. The van der Waals surface area contributed by atoms with Gasteiger partial charge in [0.05, 0.1) is 13.0 Å². The van der Waals surface area contributed by atoms with E-state index in [9.17, 15) is 9.59 Å². The lowest BCUT2D eigenvalue weighted by molar-refractivity contribution is -0.149. The molecular weight excluding hydrogens is 156 g/mol. The maximum Gasteiger partial charge on any atom is 0.309 e. The molecular formula is C9H14O3. The predicted octanol–water partition coefficient (Wildman–Crippen LogP) is 1.16. The molecule has 0 aromatic carbocycles. The van der Waals surface area contributed by atoms with Crippen LogP contribution in [0.4, 0.5) is 0 Å². The lowest BCUT2D eigenvalue weighted by Crippen LogP contribution is -2.28. The maximum absolute atomic E-state index is 11.2. The highest BCUT2D eigenvalue weighted by Gasteiger charge is 2.30. The molecule has 0 saturated heterocycles. The van der Waals surface area contributed by atoms with Gasteiger partial charge in [-0.2, -0.15) is 0 Å². The molecule has 2 atom stereocenters. The molecule has 1 aliphatic rings. The zero-order valence-electron chi connectivity index (χ0n) is 7.50. The van der Waals surface area contributed by atoms with Gasteiger partial charge in [-0.3, -0.25) is 9.59 Å². The molecule has 0 spiro atoms. The summed E-state index contributed by atoms with van der Waals surface area (Å²) in [5, 5.41) is 0. The Labute approximate surface area is 72.1 Å². The zero-order chi connectivity index (χ0) is 9.14. The number of carbonyl (C=O) groups excluding carboxylic acids is 2. The Balaban J connectivity index is 2.51. The number of ketones is 1. The molecule has 0 N–H and O–H groups in total. The number of esters is 1. The largest absolute Gasteiger partial charge is 0.469 e. The molecule has 1 aliphatic carbocycles. The van der Waals surface area contributed by atoms with Crippen molar-refractivity contribution in [3.8, 4) is 0 Å². The molecule has 0 amide bonds. The van der Waals surface area contributed by atoms with Crippen molar-refractivity contribution >= 4 is 11.8 Å². The molecule has 1 fully saturated rings. The summed E-state index contributed by atoms with van der Waals surface area (Å²) >= 11 is 0. The molecule has 0 bridgehead atoms. The molecule has 0 heterocycles. The van der Waals surface area contributed by atoms with E-state index in [0.29, 0.717) is 6.42 Å². The van der Waals surface area contributed by atoms with E-state index in [0.717, 1.165) is 12.8 Å². The fourth-order valence-electron chi connectivity index (χ4n) is 1.53. The summed E-state index contributed by atoms with van der Waals surface area (Å²) in [6.07, 6.45) is 1.98. The van der Waals surface area contributed by atoms with E-state index in [2.05, 4.69) is 4.74 Å². The second-order valence-corrected chi connectivity index (χ2v) is 3.37. The highest BCUT2D eigenvalue weighted by Crippen LogP contribution is 2.26. The van der Waals surface area contributed by atoms with Crippen molar-refractivity contribution in [3.63, 3.8) is 0 Å². The van der Waals surface area contributed by atoms with Gasteiger partial charge in [0, 0.05) is 12.3 Å². The van der Waals surface area contributed by atoms with Crippen LogP contribution in [-0.4, -0.2) is 18.9 Å². The Morgan fingerprint density at radius 1 is 1.50 bits per heavy atom. The standard InChI is InChI=1S/C9H14O3/c1-6-3-4-7(5-8(6)10)9(11)12-2/h6-7H,3-5H2,1-2H3/t6-,7-/m0/s1. The van der Waals surface area contributed by atoms with Crippen molar-refractivity contribution < 1.29 is 14.3 Å². The van der Waals surface area contributed by atoms with E-state index >= 15 is 0 Å². The van der Waals surface area contributed by atoms with Gasteiger partial charge in [-0.1, -0.05) is 6.92 Å². The van der Waals surface area contributed by atoms with Gasteiger partial charge in [0.1, 0.15) is 5.78 Å². The van der Waals surface area contributed by atoms with Gasteiger partial charge in [-0.25, -0.2) is 0 Å². The summed E-state index contributed by atoms with van der Waals surface area (Å²) in [6.45, 7) is 1.91. The Bertz CT molecular complexity index is 196. The topological polar surface area (TPSA) is 43.4 Å². The molecule has 0 aromatic rings. The summed E-state index contributed by atoms with van der Waals surface area (Å²) in [6, 6.07) is 0. The van der Waals surface area contributed by atoms with Crippen LogP contribution in [0.5, 0.6) is 0 Å². The third-order valence-electron chi connectivity index (χ3n) is 2.48. The Morgan fingerprint density at radius 2 is 2.17 bits per heavy atom. The maximum atomic E-state index is 11.2. The Kier molecular flexibility index (Phi) is 2.84. The lowest BCUT2D eigenvalue weighted by atomic mass is 9.82. The summed E-state index contributed by atoms with van der Waals surface area (Å²) in [5.74, 6) is -0.100. The van der Waals surface area contributed by atoms with E-state index < -0.39 is 0 Å². The first kappa shape index (κ1) is 9.23. The molecule has 3 nitrogen and oxygen atoms in total. The number of Topliss-reactive ketones (excluding diaryl/α,β-unsaturated/α-hetero) is 1. The molecule has 1 rings (SSSR count). The average molecular weight is 170 g/mol. The minimum atomic E-state index is -0.241. The summed E-state index contributed by atoms with van der Waals surface area (Å²) in [4.78, 5) is 22.3. The van der Waals surface area contributed by atoms with Gasteiger partial charge in [0.2, 0.25) is 0 Å². The highest BCUT2D eigenvalue weighted by atomic mass is 16.5. The van der Waals surface area contributed by atoms with Crippen molar-refractivity contribution in [3.05, 3.63) is 0 Å². The van der Waals surface area contributed by atoms with Crippen LogP contribution < -0.4 is 0 Å². The monoisotopic (exact) mass is 170 g/mol. The molecule has 0 unspecified atom stereocenters. The number of ether oxygens (including phenoxy) is 1. The number of hydrogen-bond acceptors (Lipinski definition) is 3. The van der Waals surface area contributed by atoms with Crippen LogP contribution in [0.25, 0.3) is 0 Å². The first-order valence-corrected chi connectivity index (χ1v) is 4.25. The summed E-state index contributed by atoms with van der Waals surface area (Å²) in [7, 11) is 1.37. The number of methoxy groups -OCH3 is 1. The second kappa shape index (κ2) is 3.70. The number of carbonyl (C=O) groups is 2. The van der Waals surface area contributed by atoms with E-state index in [1.165, 1.54) is 7.11 Å². The van der Waals surface area contributed by atoms with Gasteiger partial charge in [0.25, 0.3) is 0 Å². The van der Waals surface area contributed by atoms with Gasteiger partial charge >= 0.3 is 5.97 Å². The van der Waals surface area contributed by atoms with E-state index in [-0.39, 0.29) is 23.6 Å². The average Bonchev–Trinajstić information content (AvgIpc) is 2.08. The van der Waals surface area contributed by atoms with E-state index in [1.54, 1.807) is 0 Å². The van der Waals surface area contributed by atoms with Crippen molar-refractivity contribution in [2.45, 2.75) is 26.2 Å². The number of hydrogen-bond donors (Lipinski definition) is 0. The summed E-state index contributed by atoms with van der Waals surface area (Å²) < 4.78 is 4.58. The van der Waals surface area contributed by atoms with Crippen molar-refractivity contribution in [2.75, 3.05) is 7.11 Å². The smallest absolute Gasteiger partial charge is 0.309 e.